The fourth-order valence-corrected chi connectivity index (χ4v) is 11.6. The zero-order valence-electron chi connectivity index (χ0n) is 21.5. The van der Waals surface area contributed by atoms with E-state index < -0.39 is 0 Å². The van der Waals surface area contributed by atoms with Crippen LogP contribution in [0.15, 0.2) is 0 Å². The lowest BCUT2D eigenvalue weighted by Crippen LogP contribution is -2.66. The van der Waals surface area contributed by atoms with Gasteiger partial charge in [-0.05, 0) is 109 Å². The standard InChI is InChI=1S/C29H48O2/c1-19(30)31-21-12-16-26(4)20(21)11-17-28(6)23(26)9-10-24-27(5)15-8-14-25(2,3)22(27)13-18-29(24,28)7/h20-24H,8-18H2,1-7H3/t20-,21-,22-,23+,24+,26-,27-,28+,29+/m0/s1. The highest BCUT2D eigenvalue weighted by molar-refractivity contribution is 5.66. The second-order valence-electron chi connectivity index (χ2n) is 14.3. The minimum atomic E-state index is -0.0792. The van der Waals surface area contributed by atoms with Gasteiger partial charge in [0, 0.05) is 12.8 Å². The van der Waals surface area contributed by atoms with Crippen molar-refractivity contribution >= 4 is 5.97 Å². The van der Waals surface area contributed by atoms with Gasteiger partial charge in [-0.25, -0.2) is 0 Å². The van der Waals surface area contributed by atoms with E-state index in [9.17, 15) is 4.79 Å². The summed E-state index contributed by atoms with van der Waals surface area (Å²) in [6, 6.07) is 0. The monoisotopic (exact) mass is 428 g/mol. The summed E-state index contributed by atoms with van der Waals surface area (Å²) in [5.41, 5.74) is 2.28. The number of esters is 1. The Bertz CT molecular complexity index is 756. The van der Waals surface area contributed by atoms with Gasteiger partial charge < -0.3 is 4.74 Å². The normalized spacial score (nSPS) is 55.4. The maximum atomic E-state index is 11.8. The van der Waals surface area contributed by atoms with Crippen LogP contribution >= 0.6 is 0 Å². The van der Waals surface area contributed by atoms with E-state index in [1.54, 1.807) is 6.92 Å². The van der Waals surface area contributed by atoms with Crippen molar-refractivity contribution in [1.29, 1.82) is 0 Å². The topological polar surface area (TPSA) is 26.3 Å². The van der Waals surface area contributed by atoms with Crippen LogP contribution in [0.3, 0.4) is 0 Å². The molecule has 0 radical (unpaired) electrons. The molecule has 0 aromatic carbocycles. The largest absolute Gasteiger partial charge is 0.462 e. The Morgan fingerprint density at radius 1 is 0.677 bits per heavy atom. The van der Waals surface area contributed by atoms with Crippen LogP contribution in [0.4, 0.5) is 0 Å². The molecule has 5 aliphatic carbocycles. The van der Waals surface area contributed by atoms with Gasteiger partial charge in [-0.1, -0.05) is 48.0 Å². The summed E-state index contributed by atoms with van der Waals surface area (Å²) in [5.74, 6) is 3.07. The summed E-state index contributed by atoms with van der Waals surface area (Å²) in [4.78, 5) is 11.8. The molecule has 5 rings (SSSR count). The molecule has 176 valence electrons. The summed E-state index contributed by atoms with van der Waals surface area (Å²) >= 11 is 0. The highest BCUT2D eigenvalue weighted by atomic mass is 16.5. The van der Waals surface area contributed by atoms with E-state index in [0.29, 0.717) is 33.0 Å². The maximum absolute atomic E-state index is 11.8. The Kier molecular flexibility index (Phi) is 4.85. The first kappa shape index (κ1) is 22.3. The van der Waals surface area contributed by atoms with E-state index >= 15 is 0 Å². The zero-order valence-corrected chi connectivity index (χ0v) is 21.5. The molecule has 0 spiro atoms. The SMILES string of the molecule is CC(=O)O[C@H]1CC[C@]2(C)[C@H]3CC[C@@H]4[C@@]5(C)CCCC(C)(C)[C@@H]5CC[C@@]4(C)[C@]3(C)CC[C@@H]12. The lowest BCUT2D eigenvalue weighted by molar-refractivity contribution is -0.242. The number of carbonyl (C=O) groups is 1. The van der Waals surface area contributed by atoms with Crippen molar-refractivity contribution in [3.63, 3.8) is 0 Å². The number of hydrogen-bond acceptors (Lipinski definition) is 2. The second kappa shape index (κ2) is 6.75. The molecule has 0 heterocycles. The molecule has 0 amide bonds. The van der Waals surface area contributed by atoms with E-state index in [2.05, 4.69) is 41.5 Å². The third kappa shape index (κ3) is 2.78. The van der Waals surface area contributed by atoms with Gasteiger partial charge in [0.15, 0.2) is 0 Å². The molecule has 5 aliphatic rings. The van der Waals surface area contributed by atoms with Crippen molar-refractivity contribution in [3.8, 4) is 0 Å². The summed E-state index contributed by atoms with van der Waals surface area (Å²) in [6.45, 7) is 17.5. The van der Waals surface area contributed by atoms with Crippen LogP contribution in [0.2, 0.25) is 0 Å². The molecule has 0 aliphatic heterocycles. The third-order valence-electron chi connectivity index (χ3n) is 13.0. The van der Waals surface area contributed by atoms with E-state index in [1.165, 1.54) is 64.2 Å². The van der Waals surface area contributed by atoms with Gasteiger partial charge in [-0.15, -0.1) is 0 Å². The lowest BCUT2D eigenvalue weighted by Gasteiger charge is -2.73. The molecule has 0 unspecified atom stereocenters. The fourth-order valence-electron chi connectivity index (χ4n) is 11.6. The maximum Gasteiger partial charge on any atom is 0.302 e. The van der Waals surface area contributed by atoms with Crippen molar-refractivity contribution < 1.29 is 9.53 Å². The molecule has 2 heteroatoms. The highest BCUT2D eigenvalue weighted by Crippen LogP contribution is 2.77. The first-order chi connectivity index (χ1) is 14.4. The Labute approximate surface area is 191 Å². The molecular weight excluding hydrogens is 380 g/mol. The molecule has 0 saturated heterocycles. The molecule has 0 bridgehead atoms. The lowest BCUT2D eigenvalue weighted by atomic mass is 9.32. The van der Waals surface area contributed by atoms with Crippen LogP contribution in [0.25, 0.3) is 0 Å². The van der Waals surface area contributed by atoms with Crippen molar-refractivity contribution in [2.24, 2.45) is 50.7 Å². The van der Waals surface area contributed by atoms with Gasteiger partial charge in [0.2, 0.25) is 0 Å². The molecule has 0 N–H and O–H groups in total. The van der Waals surface area contributed by atoms with Gasteiger partial charge in [0.25, 0.3) is 0 Å². The van der Waals surface area contributed by atoms with Crippen LogP contribution in [0.1, 0.15) is 119 Å². The first-order valence-electron chi connectivity index (χ1n) is 13.6. The summed E-state index contributed by atoms with van der Waals surface area (Å²) in [7, 11) is 0. The van der Waals surface area contributed by atoms with Crippen LogP contribution in [0.5, 0.6) is 0 Å². The zero-order chi connectivity index (χ0) is 22.4. The quantitative estimate of drug-likeness (QED) is 0.398. The fraction of sp³-hybridized carbons (Fsp3) is 0.966. The van der Waals surface area contributed by atoms with Crippen molar-refractivity contribution in [2.45, 2.75) is 125 Å². The molecule has 0 aromatic heterocycles. The van der Waals surface area contributed by atoms with Gasteiger partial charge in [-0.2, -0.15) is 0 Å². The van der Waals surface area contributed by atoms with Gasteiger partial charge >= 0.3 is 5.97 Å². The molecule has 5 saturated carbocycles. The Morgan fingerprint density at radius 3 is 1.94 bits per heavy atom. The van der Waals surface area contributed by atoms with Crippen LogP contribution < -0.4 is 0 Å². The van der Waals surface area contributed by atoms with Crippen LogP contribution in [-0.2, 0) is 9.53 Å². The van der Waals surface area contributed by atoms with Gasteiger partial charge in [-0.3, -0.25) is 4.79 Å². The highest BCUT2D eigenvalue weighted by Gasteiger charge is 2.70. The molecule has 2 nitrogen and oxygen atoms in total. The molecular formula is C29H48O2. The average molecular weight is 429 g/mol. The van der Waals surface area contributed by atoms with E-state index in [4.69, 9.17) is 4.74 Å². The van der Waals surface area contributed by atoms with E-state index in [-0.39, 0.29) is 12.1 Å². The van der Waals surface area contributed by atoms with Crippen molar-refractivity contribution in [1.82, 2.24) is 0 Å². The third-order valence-corrected chi connectivity index (χ3v) is 13.0. The average Bonchev–Trinajstić information content (AvgIpc) is 2.97. The first-order valence-corrected chi connectivity index (χ1v) is 13.6. The van der Waals surface area contributed by atoms with Crippen molar-refractivity contribution in [3.05, 3.63) is 0 Å². The summed E-state index contributed by atoms with van der Waals surface area (Å²) < 4.78 is 5.86. The second-order valence-corrected chi connectivity index (χ2v) is 14.3. The van der Waals surface area contributed by atoms with Crippen LogP contribution in [-0.4, -0.2) is 12.1 Å². The van der Waals surface area contributed by atoms with Gasteiger partial charge in [0.05, 0.1) is 0 Å². The number of ether oxygens (including phenoxy) is 1. The number of carbonyl (C=O) groups excluding carboxylic acids is 1. The smallest absolute Gasteiger partial charge is 0.302 e. The van der Waals surface area contributed by atoms with Gasteiger partial charge in [0.1, 0.15) is 6.10 Å². The van der Waals surface area contributed by atoms with E-state index in [1.807, 2.05) is 0 Å². The summed E-state index contributed by atoms with van der Waals surface area (Å²) in [6.07, 6.45) is 15.1. The predicted molar refractivity (Wildman–Crippen MR) is 127 cm³/mol. The van der Waals surface area contributed by atoms with Crippen molar-refractivity contribution in [2.75, 3.05) is 0 Å². The Hall–Kier alpha value is -0.530. The summed E-state index contributed by atoms with van der Waals surface area (Å²) in [5, 5.41) is 0. The number of fused-ring (bicyclic) bond motifs is 7. The number of rotatable bonds is 1. The van der Waals surface area contributed by atoms with Crippen LogP contribution in [0, 0.1) is 50.7 Å². The number of hydrogen-bond donors (Lipinski definition) is 0. The molecule has 9 atom stereocenters. The predicted octanol–water partition coefficient (Wildman–Crippen LogP) is 7.79. The molecule has 31 heavy (non-hydrogen) atoms. The van der Waals surface area contributed by atoms with E-state index in [0.717, 1.165) is 24.2 Å². The Morgan fingerprint density at radius 2 is 1.29 bits per heavy atom. The minimum absolute atomic E-state index is 0.0792. The molecule has 5 fully saturated rings. The Balaban J connectivity index is 1.49. The minimum Gasteiger partial charge on any atom is -0.462 e. The molecule has 0 aromatic rings.